The van der Waals surface area contributed by atoms with E-state index in [2.05, 4.69) is 0 Å². The number of benzene rings is 1. The van der Waals surface area contributed by atoms with Crippen LogP contribution in [0.15, 0.2) is 59.2 Å². The van der Waals surface area contributed by atoms with Gasteiger partial charge in [0.2, 0.25) is 0 Å². The maximum Gasteiger partial charge on any atom is 0.331 e. The molecule has 1 aromatic rings. The fraction of sp³-hybridized carbons (Fsp3) is 0.515. The molecule has 0 aliphatic heterocycles. The molecule has 9 nitrogen and oxygen atoms in total. The summed E-state index contributed by atoms with van der Waals surface area (Å²) in [5, 5.41) is 22.9. The van der Waals surface area contributed by atoms with E-state index in [-0.39, 0.29) is 19.3 Å². The average molecular weight is 581 g/mol. The number of ketones is 1. The van der Waals surface area contributed by atoms with Crippen LogP contribution in [0.1, 0.15) is 66.4 Å². The molecule has 0 spiro atoms. The summed E-state index contributed by atoms with van der Waals surface area (Å²) in [4.78, 5) is 51.3. The lowest BCUT2D eigenvalue weighted by molar-refractivity contribution is -0.157. The second-order valence-electron chi connectivity index (χ2n) is 12.4. The molecule has 42 heavy (non-hydrogen) atoms. The molecule has 3 aliphatic carbocycles. The lowest BCUT2D eigenvalue weighted by Crippen LogP contribution is -2.56. The molecule has 0 unspecified atom stereocenters. The van der Waals surface area contributed by atoms with E-state index in [1.165, 1.54) is 19.9 Å². The molecule has 0 amide bonds. The summed E-state index contributed by atoms with van der Waals surface area (Å²) in [7, 11) is 0. The summed E-state index contributed by atoms with van der Waals surface area (Å²) in [6, 6.07) is 9.22. The zero-order valence-corrected chi connectivity index (χ0v) is 25.0. The van der Waals surface area contributed by atoms with Crippen LogP contribution in [0.4, 0.5) is 0 Å². The second kappa shape index (κ2) is 12.0. The monoisotopic (exact) mass is 580 g/mol. The van der Waals surface area contributed by atoms with Gasteiger partial charge < -0.3 is 24.4 Å². The molecule has 7 atom stereocenters. The third-order valence-electron chi connectivity index (χ3n) is 9.09. The van der Waals surface area contributed by atoms with E-state index in [1.807, 2.05) is 44.2 Å². The lowest BCUT2D eigenvalue weighted by atomic mass is 9.57. The van der Waals surface area contributed by atoms with Gasteiger partial charge in [-0.25, -0.2) is 4.79 Å². The summed E-state index contributed by atoms with van der Waals surface area (Å²) < 4.78 is 17.2. The molecule has 2 N–H and O–H groups in total. The predicted molar refractivity (Wildman–Crippen MR) is 153 cm³/mol. The molecule has 0 saturated heterocycles. The second-order valence-corrected chi connectivity index (χ2v) is 12.4. The van der Waals surface area contributed by atoms with Crippen molar-refractivity contribution >= 4 is 29.8 Å². The summed E-state index contributed by atoms with van der Waals surface area (Å²) >= 11 is 0. The van der Waals surface area contributed by atoms with E-state index < -0.39 is 71.0 Å². The maximum atomic E-state index is 14.0. The van der Waals surface area contributed by atoms with Gasteiger partial charge in [0.05, 0.1) is 11.5 Å². The Balaban J connectivity index is 1.82. The highest BCUT2D eigenvalue weighted by Gasteiger charge is 2.56. The number of Topliss-reactive ketones (excluding diaryl/α,β-unsaturated/α-hetero) is 1. The highest BCUT2D eigenvalue weighted by atomic mass is 16.6. The van der Waals surface area contributed by atoms with Crippen LogP contribution in [0.25, 0.3) is 6.08 Å². The third kappa shape index (κ3) is 6.13. The first-order valence-corrected chi connectivity index (χ1v) is 14.3. The van der Waals surface area contributed by atoms with Crippen LogP contribution in [0.3, 0.4) is 0 Å². The Labute approximate surface area is 246 Å². The Hall–Kier alpha value is -3.56. The molecule has 1 saturated carbocycles. The number of hydrogen-bond donors (Lipinski definition) is 2. The number of hydrogen-bond acceptors (Lipinski definition) is 9. The average Bonchev–Trinajstić information content (AvgIpc) is 2.90. The van der Waals surface area contributed by atoms with Gasteiger partial charge in [0.15, 0.2) is 5.78 Å². The minimum Gasteiger partial charge on any atom is -0.458 e. The molecule has 226 valence electrons. The van der Waals surface area contributed by atoms with Crippen LogP contribution in [-0.4, -0.2) is 64.4 Å². The molecule has 0 aromatic heterocycles. The number of aliphatic hydroxyl groups is 2. The maximum absolute atomic E-state index is 14.0. The van der Waals surface area contributed by atoms with Crippen LogP contribution in [0.5, 0.6) is 0 Å². The molecular formula is C33H40O9. The molecule has 4 bridgehead atoms. The molecule has 0 radical (unpaired) electrons. The summed E-state index contributed by atoms with van der Waals surface area (Å²) in [5.74, 6) is -2.80. The molecule has 1 fully saturated rings. The minimum absolute atomic E-state index is 0.0188. The lowest BCUT2D eigenvalue weighted by Gasteiger charge is -2.50. The number of fused-ring (bicyclic) bond motifs is 4. The topological polar surface area (TPSA) is 136 Å². The van der Waals surface area contributed by atoms with Crippen molar-refractivity contribution in [3.63, 3.8) is 0 Å². The Morgan fingerprint density at radius 2 is 1.57 bits per heavy atom. The van der Waals surface area contributed by atoms with Gasteiger partial charge >= 0.3 is 17.9 Å². The quantitative estimate of drug-likeness (QED) is 0.230. The molecule has 9 heteroatoms. The SMILES string of the molecule is CC(=O)O[C@H]1C[C@H]2[C@H](OC(C)=O)/C=C3\C[C@](C)(C(=O)[C@H](O)C(=C1C)C2(C)C)[C@@H](O)C[C@@H]3OC(=O)/C=C/c1ccccc1. The van der Waals surface area contributed by atoms with E-state index in [9.17, 15) is 29.4 Å². The van der Waals surface area contributed by atoms with Crippen molar-refractivity contribution in [2.24, 2.45) is 16.7 Å². The number of carbonyl (C=O) groups excluding carboxylic acids is 4. The summed E-state index contributed by atoms with van der Waals surface area (Å²) in [6.45, 7) is 9.59. The highest BCUT2D eigenvalue weighted by molar-refractivity contribution is 5.93. The fourth-order valence-corrected chi connectivity index (χ4v) is 6.83. The first-order valence-electron chi connectivity index (χ1n) is 14.3. The normalized spacial score (nSPS) is 33.8. The van der Waals surface area contributed by atoms with E-state index in [4.69, 9.17) is 14.2 Å². The summed E-state index contributed by atoms with van der Waals surface area (Å²) in [6.07, 6.45) is -0.588. The standard InChI is InChI=1S/C33H40O9/c1-18-24(40-19(2)34)15-23-26(41-20(3)35)14-22-17-33(6,31(39)30(38)29(18)32(23,4)5)27(36)16-25(22)42-28(37)13-12-21-10-8-7-9-11-21/h7-14,23-27,30,36,38H,15-17H2,1-6H3/b13-12+,22-14+/t23-,24-,25-,26+,27-,30+,33-/m0/s1. The van der Waals surface area contributed by atoms with Gasteiger partial charge in [-0.1, -0.05) is 44.2 Å². The summed E-state index contributed by atoms with van der Waals surface area (Å²) in [5.41, 5.74) is -0.0597. The van der Waals surface area contributed by atoms with Crippen LogP contribution >= 0.6 is 0 Å². The zero-order valence-electron chi connectivity index (χ0n) is 25.0. The van der Waals surface area contributed by atoms with Gasteiger partial charge in [0, 0.05) is 32.3 Å². The largest absolute Gasteiger partial charge is 0.458 e. The Morgan fingerprint density at radius 1 is 0.929 bits per heavy atom. The van der Waals surface area contributed by atoms with E-state index >= 15 is 0 Å². The van der Waals surface area contributed by atoms with Gasteiger partial charge in [-0.05, 0) is 66.5 Å². The smallest absolute Gasteiger partial charge is 0.331 e. The Bertz CT molecular complexity index is 1340. The van der Waals surface area contributed by atoms with Crippen molar-refractivity contribution in [2.75, 3.05) is 0 Å². The van der Waals surface area contributed by atoms with Gasteiger partial charge in [0.1, 0.15) is 24.4 Å². The molecule has 0 heterocycles. The van der Waals surface area contributed by atoms with Crippen LogP contribution < -0.4 is 0 Å². The van der Waals surface area contributed by atoms with Gasteiger partial charge in [0.25, 0.3) is 0 Å². The minimum atomic E-state index is -1.61. The first-order chi connectivity index (χ1) is 19.6. The van der Waals surface area contributed by atoms with Crippen molar-refractivity contribution in [1.29, 1.82) is 0 Å². The van der Waals surface area contributed by atoms with Crippen LogP contribution in [-0.2, 0) is 33.4 Å². The van der Waals surface area contributed by atoms with Gasteiger partial charge in [-0.3, -0.25) is 14.4 Å². The number of rotatable bonds is 5. The number of carbonyl (C=O) groups is 4. The van der Waals surface area contributed by atoms with E-state index in [0.717, 1.165) is 5.56 Å². The first kappa shape index (κ1) is 31.4. The van der Waals surface area contributed by atoms with Crippen LogP contribution in [0, 0.1) is 16.7 Å². The molecule has 4 rings (SSSR count). The van der Waals surface area contributed by atoms with Crippen molar-refractivity contribution in [2.45, 2.75) is 91.3 Å². The van der Waals surface area contributed by atoms with Gasteiger partial charge in [-0.2, -0.15) is 0 Å². The number of ether oxygens (including phenoxy) is 3. The van der Waals surface area contributed by atoms with Crippen LogP contribution in [0.2, 0.25) is 0 Å². The van der Waals surface area contributed by atoms with Crippen molar-refractivity contribution in [3.05, 3.63) is 64.8 Å². The Morgan fingerprint density at radius 3 is 2.19 bits per heavy atom. The highest BCUT2D eigenvalue weighted by Crippen LogP contribution is 2.53. The van der Waals surface area contributed by atoms with Crippen molar-refractivity contribution < 1.29 is 43.6 Å². The molecular weight excluding hydrogens is 540 g/mol. The fourth-order valence-electron chi connectivity index (χ4n) is 6.83. The third-order valence-corrected chi connectivity index (χ3v) is 9.09. The van der Waals surface area contributed by atoms with Crippen molar-refractivity contribution in [1.82, 2.24) is 0 Å². The van der Waals surface area contributed by atoms with Gasteiger partial charge in [-0.15, -0.1) is 0 Å². The predicted octanol–water partition coefficient (Wildman–Crippen LogP) is 3.87. The zero-order chi connectivity index (χ0) is 31.0. The van der Waals surface area contributed by atoms with Crippen molar-refractivity contribution in [3.8, 4) is 0 Å². The van der Waals surface area contributed by atoms with E-state index in [0.29, 0.717) is 16.7 Å². The van der Waals surface area contributed by atoms with E-state index in [1.54, 1.807) is 26.0 Å². The number of aliphatic hydroxyl groups excluding tert-OH is 2. The Kier molecular flexibility index (Phi) is 8.94. The molecule has 1 aromatic carbocycles. The number of esters is 3. The molecule has 3 aliphatic rings.